The zero-order chi connectivity index (χ0) is 22.2. The van der Waals surface area contributed by atoms with Gasteiger partial charge in [-0.05, 0) is 62.1 Å². The molecule has 0 saturated heterocycles. The Morgan fingerprint density at radius 2 is 1.84 bits per heavy atom. The number of carbonyl (C=O) groups is 1. The maximum atomic E-state index is 13.2. The van der Waals surface area contributed by atoms with Gasteiger partial charge in [0.1, 0.15) is 17.4 Å². The van der Waals surface area contributed by atoms with Crippen LogP contribution in [-0.2, 0) is 17.9 Å². The summed E-state index contributed by atoms with van der Waals surface area (Å²) in [6.07, 6.45) is 0.779. The summed E-state index contributed by atoms with van der Waals surface area (Å²) in [6.45, 7) is 8.21. The second-order valence-corrected chi connectivity index (χ2v) is 8.68. The van der Waals surface area contributed by atoms with Crippen LogP contribution >= 0.6 is 11.3 Å². The van der Waals surface area contributed by atoms with Crippen molar-refractivity contribution in [2.24, 2.45) is 0 Å². The van der Waals surface area contributed by atoms with Gasteiger partial charge in [-0.2, -0.15) is 0 Å². The van der Waals surface area contributed by atoms with Crippen LogP contribution in [0.5, 0.6) is 5.75 Å². The van der Waals surface area contributed by atoms with Gasteiger partial charge in [-0.15, -0.1) is 11.3 Å². The Morgan fingerprint density at radius 3 is 2.55 bits per heavy atom. The number of hydrogen-bond donors (Lipinski definition) is 0. The van der Waals surface area contributed by atoms with E-state index in [0.717, 1.165) is 34.0 Å². The van der Waals surface area contributed by atoms with Gasteiger partial charge in [-0.25, -0.2) is 4.98 Å². The Kier molecular flexibility index (Phi) is 8.20. The third-order valence-electron chi connectivity index (χ3n) is 4.95. The molecule has 0 N–H and O–H groups in total. The molecule has 3 rings (SSSR count). The summed E-state index contributed by atoms with van der Waals surface area (Å²) in [4.78, 5) is 19.7. The Morgan fingerprint density at radius 1 is 1.10 bits per heavy atom. The summed E-state index contributed by atoms with van der Waals surface area (Å²) in [5.74, 6) is 0.875. The van der Waals surface area contributed by atoms with Crippen LogP contribution in [0.2, 0.25) is 0 Å². The summed E-state index contributed by atoms with van der Waals surface area (Å²) in [6, 6.07) is 13.9. The average Bonchev–Trinajstić information content (AvgIpc) is 3.18. The van der Waals surface area contributed by atoms with Crippen molar-refractivity contribution in [3.63, 3.8) is 0 Å². The molecule has 0 fully saturated rings. The molecule has 1 heterocycles. The highest BCUT2D eigenvalue weighted by Gasteiger charge is 2.19. The van der Waals surface area contributed by atoms with Gasteiger partial charge in [0.2, 0.25) is 0 Å². The van der Waals surface area contributed by atoms with E-state index in [0.29, 0.717) is 26.3 Å². The van der Waals surface area contributed by atoms with Crippen LogP contribution < -0.4 is 4.74 Å². The standard InChI is InChI=1S/C25H30N2O3S/c1-18-12-19(2)14-22(13-18)30-16-24-26-21(17-31-24)15-27(10-7-11-29-4)25(28)23-9-6-5-8-20(23)3/h5-6,8-9,12-14,17H,7,10-11,15-16H2,1-4H3. The van der Waals surface area contributed by atoms with Crippen molar-refractivity contribution < 1.29 is 14.3 Å². The number of aryl methyl sites for hydroxylation is 3. The average molecular weight is 439 g/mol. The molecule has 3 aromatic rings. The number of nitrogens with zero attached hydrogens (tertiary/aromatic N) is 2. The number of ether oxygens (including phenoxy) is 2. The molecule has 1 amide bonds. The lowest BCUT2D eigenvalue weighted by atomic mass is 10.1. The molecule has 0 unspecified atom stereocenters. The van der Waals surface area contributed by atoms with E-state index >= 15 is 0 Å². The van der Waals surface area contributed by atoms with Gasteiger partial charge in [0.05, 0.1) is 12.2 Å². The van der Waals surface area contributed by atoms with Crippen LogP contribution in [0.25, 0.3) is 0 Å². The largest absolute Gasteiger partial charge is 0.486 e. The van der Waals surface area contributed by atoms with Crippen molar-refractivity contribution in [1.82, 2.24) is 9.88 Å². The zero-order valence-corrected chi connectivity index (χ0v) is 19.5. The van der Waals surface area contributed by atoms with Gasteiger partial charge < -0.3 is 14.4 Å². The Hall–Kier alpha value is -2.70. The molecule has 164 valence electrons. The first-order chi connectivity index (χ1) is 15.0. The summed E-state index contributed by atoms with van der Waals surface area (Å²) in [5.41, 5.74) is 4.94. The molecule has 0 spiro atoms. The number of methoxy groups -OCH3 is 1. The predicted molar refractivity (Wildman–Crippen MR) is 125 cm³/mol. The van der Waals surface area contributed by atoms with Crippen molar-refractivity contribution in [1.29, 1.82) is 0 Å². The Balaban J connectivity index is 1.67. The lowest BCUT2D eigenvalue weighted by molar-refractivity contribution is 0.0721. The second-order valence-electron chi connectivity index (χ2n) is 7.73. The minimum Gasteiger partial charge on any atom is -0.486 e. The molecule has 1 aromatic heterocycles. The minimum atomic E-state index is 0.0234. The number of aromatic nitrogens is 1. The molecule has 0 radical (unpaired) electrons. The highest BCUT2D eigenvalue weighted by molar-refractivity contribution is 7.09. The van der Waals surface area contributed by atoms with Crippen LogP contribution in [0.4, 0.5) is 0 Å². The normalized spacial score (nSPS) is 10.8. The van der Waals surface area contributed by atoms with Gasteiger partial charge in [0.25, 0.3) is 5.91 Å². The van der Waals surface area contributed by atoms with Crippen molar-refractivity contribution >= 4 is 17.2 Å². The zero-order valence-electron chi connectivity index (χ0n) is 18.7. The first kappa shape index (κ1) is 23.0. The lowest BCUT2D eigenvalue weighted by Crippen LogP contribution is -2.32. The molecular weight excluding hydrogens is 408 g/mol. The molecule has 0 aliphatic carbocycles. The van der Waals surface area contributed by atoms with Crippen molar-refractivity contribution in [3.8, 4) is 5.75 Å². The molecular formula is C25H30N2O3S. The molecule has 31 heavy (non-hydrogen) atoms. The fourth-order valence-corrected chi connectivity index (χ4v) is 4.18. The van der Waals surface area contributed by atoms with Crippen LogP contribution in [0.1, 0.15) is 44.2 Å². The second kappa shape index (κ2) is 11.1. The first-order valence-corrected chi connectivity index (χ1v) is 11.3. The minimum absolute atomic E-state index is 0.0234. The van der Waals surface area contributed by atoms with Crippen molar-refractivity contribution in [3.05, 3.63) is 80.8 Å². The van der Waals surface area contributed by atoms with Crippen molar-refractivity contribution in [2.75, 3.05) is 20.3 Å². The van der Waals surface area contributed by atoms with Crippen molar-refractivity contribution in [2.45, 2.75) is 40.3 Å². The van der Waals surface area contributed by atoms with E-state index in [2.05, 4.69) is 19.9 Å². The quantitative estimate of drug-likeness (QED) is 0.402. The predicted octanol–water partition coefficient (Wildman–Crippen LogP) is 5.33. The monoisotopic (exact) mass is 438 g/mol. The Bertz CT molecular complexity index is 995. The number of hydrogen-bond acceptors (Lipinski definition) is 5. The molecule has 0 bridgehead atoms. The summed E-state index contributed by atoms with van der Waals surface area (Å²) in [7, 11) is 1.68. The number of rotatable bonds is 10. The van der Waals surface area contributed by atoms with E-state index in [9.17, 15) is 4.79 Å². The molecule has 6 heteroatoms. The van der Waals surface area contributed by atoms with Crippen LogP contribution in [-0.4, -0.2) is 36.1 Å². The summed E-state index contributed by atoms with van der Waals surface area (Å²) in [5, 5.41) is 2.91. The fourth-order valence-electron chi connectivity index (χ4n) is 3.48. The van der Waals surface area contributed by atoms with Gasteiger partial charge in [-0.1, -0.05) is 24.3 Å². The summed E-state index contributed by atoms with van der Waals surface area (Å²) < 4.78 is 11.1. The highest BCUT2D eigenvalue weighted by atomic mass is 32.1. The number of amides is 1. The van der Waals surface area contributed by atoms with Crippen LogP contribution in [0.15, 0.2) is 47.8 Å². The maximum absolute atomic E-state index is 13.2. The molecule has 5 nitrogen and oxygen atoms in total. The maximum Gasteiger partial charge on any atom is 0.254 e. The van der Waals surface area contributed by atoms with E-state index in [4.69, 9.17) is 14.5 Å². The summed E-state index contributed by atoms with van der Waals surface area (Å²) >= 11 is 1.56. The fraction of sp³-hybridized carbons (Fsp3) is 0.360. The van der Waals surface area contributed by atoms with E-state index in [1.807, 2.05) is 53.6 Å². The molecule has 0 aliphatic rings. The van der Waals surface area contributed by atoms with E-state index < -0.39 is 0 Å². The van der Waals surface area contributed by atoms with E-state index in [1.165, 1.54) is 11.1 Å². The van der Waals surface area contributed by atoms with Crippen LogP contribution in [0.3, 0.4) is 0 Å². The molecule has 0 atom stereocenters. The molecule has 0 saturated carbocycles. The van der Waals surface area contributed by atoms with Gasteiger partial charge in [0, 0.05) is 31.2 Å². The lowest BCUT2D eigenvalue weighted by Gasteiger charge is -2.22. The smallest absolute Gasteiger partial charge is 0.254 e. The highest BCUT2D eigenvalue weighted by Crippen LogP contribution is 2.20. The molecule has 0 aliphatic heterocycles. The van der Waals surface area contributed by atoms with Gasteiger partial charge >= 0.3 is 0 Å². The number of carbonyl (C=O) groups excluding carboxylic acids is 1. The van der Waals surface area contributed by atoms with Gasteiger partial charge in [0.15, 0.2) is 0 Å². The number of benzene rings is 2. The number of thiazole rings is 1. The SMILES string of the molecule is COCCCN(Cc1csc(COc2cc(C)cc(C)c2)n1)C(=O)c1ccccc1C. The van der Waals surface area contributed by atoms with Gasteiger partial charge in [-0.3, -0.25) is 4.79 Å². The Labute approximate surface area is 188 Å². The third kappa shape index (κ3) is 6.64. The first-order valence-electron chi connectivity index (χ1n) is 10.4. The van der Waals surface area contributed by atoms with E-state index in [1.54, 1.807) is 18.4 Å². The molecule has 2 aromatic carbocycles. The topological polar surface area (TPSA) is 51.7 Å². The third-order valence-corrected chi connectivity index (χ3v) is 5.82. The van der Waals surface area contributed by atoms with Crippen LogP contribution in [0, 0.1) is 20.8 Å². The van der Waals surface area contributed by atoms with E-state index in [-0.39, 0.29) is 5.91 Å².